The topological polar surface area (TPSA) is 85.4 Å². The van der Waals surface area contributed by atoms with Gasteiger partial charge in [0.05, 0.1) is 36.3 Å². The molecule has 8 nitrogen and oxygen atoms in total. The van der Waals surface area contributed by atoms with E-state index in [1.54, 1.807) is 35.3 Å². The van der Waals surface area contributed by atoms with E-state index in [0.29, 0.717) is 40.6 Å². The van der Waals surface area contributed by atoms with Crippen LogP contribution in [0.2, 0.25) is 0 Å². The zero-order chi connectivity index (χ0) is 24.8. The number of hydrogen-bond donors (Lipinski definition) is 0. The van der Waals surface area contributed by atoms with Gasteiger partial charge in [-0.1, -0.05) is 11.8 Å². The van der Waals surface area contributed by atoms with Gasteiger partial charge in [0.15, 0.2) is 6.10 Å². The van der Waals surface area contributed by atoms with E-state index in [9.17, 15) is 14.4 Å². The van der Waals surface area contributed by atoms with E-state index in [2.05, 4.69) is 17.6 Å². The van der Waals surface area contributed by atoms with Crippen LogP contribution in [0.15, 0.2) is 52.3 Å². The second-order valence-corrected chi connectivity index (χ2v) is 8.94. The summed E-state index contributed by atoms with van der Waals surface area (Å²) in [6.45, 7) is 2.20. The molecule has 0 saturated heterocycles. The third-order valence-electron chi connectivity index (χ3n) is 5.09. The Labute approximate surface area is 203 Å². The summed E-state index contributed by atoms with van der Waals surface area (Å²) in [5, 5.41) is -0.694. The second-order valence-electron chi connectivity index (χ2n) is 7.76. The lowest BCUT2D eigenvalue weighted by Crippen LogP contribution is -2.47. The predicted octanol–water partition coefficient (Wildman–Crippen LogP) is 2.40. The number of methoxy groups -OCH3 is 2. The summed E-state index contributed by atoms with van der Waals surface area (Å²) in [4.78, 5) is 42.2. The van der Waals surface area contributed by atoms with Crippen molar-refractivity contribution in [3.63, 3.8) is 0 Å². The van der Waals surface area contributed by atoms with Crippen LogP contribution in [0.5, 0.6) is 0 Å². The van der Waals surface area contributed by atoms with E-state index in [4.69, 9.17) is 14.2 Å². The first-order valence-corrected chi connectivity index (χ1v) is 11.4. The Morgan fingerprint density at radius 1 is 1.24 bits per heavy atom. The molecule has 34 heavy (non-hydrogen) atoms. The van der Waals surface area contributed by atoms with E-state index in [1.165, 1.54) is 32.9 Å². The number of thioether (sulfide) groups is 1. The minimum atomic E-state index is -1.15. The van der Waals surface area contributed by atoms with Crippen molar-refractivity contribution in [3.05, 3.63) is 53.0 Å². The first-order valence-electron chi connectivity index (χ1n) is 10.5. The Bertz CT molecular complexity index is 1150. The summed E-state index contributed by atoms with van der Waals surface area (Å²) < 4.78 is 15.7. The SMILES string of the molecule is COC(=O)c1ccc2c(c1)S[C@@H](C1=C=CC(OC)=CC#C1)[C@@H](OC(C)=O)C(=O)N2CCN(C)C. The fourth-order valence-corrected chi connectivity index (χ4v) is 4.70. The van der Waals surface area contributed by atoms with Crippen LogP contribution in [-0.4, -0.2) is 75.5 Å². The summed E-state index contributed by atoms with van der Waals surface area (Å²) in [5.74, 6) is 4.95. The number of likely N-dealkylation sites (N-methyl/N-ethyl adjacent to an activating group) is 1. The van der Waals surface area contributed by atoms with Crippen LogP contribution in [0.1, 0.15) is 17.3 Å². The molecule has 0 radical (unpaired) electrons. The highest BCUT2D eigenvalue weighted by molar-refractivity contribution is 8.00. The van der Waals surface area contributed by atoms with Gasteiger partial charge in [-0.25, -0.2) is 4.79 Å². The number of carbonyl (C=O) groups is 3. The van der Waals surface area contributed by atoms with Crippen LogP contribution in [0.3, 0.4) is 0 Å². The molecule has 2 aliphatic rings. The quantitative estimate of drug-likeness (QED) is 0.333. The number of esters is 2. The molecule has 0 aromatic heterocycles. The van der Waals surface area contributed by atoms with Crippen LogP contribution < -0.4 is 4.90 Å². The molecule has 1 aromatic carbocycles. The molecular formula is C25H26N2O6S. The lowest BCUT2D eigenvalue weighted by atomic mass is 10.1. The zero-order valence-electron chi connectivity index (χ0n) is 19.7. The molecule has 1 heterocycles. The number of nitrogens with zero attached hydrogens (tertiary/aromatic N) is 2. The van der Waals surface area contributed by atoms with Crippen LogP contribution >= 0.6 is 11.8 Å². The lowest BCUT2D eigenvalue weighted by molar-refractivity contribution is -0.152. The van der Waals surface area contributed by atoms with Gasteiger partial charge in [0.25, 0.3) is 5.91 Å². The standard InChI is InChI=1S/C25H26N2O6S/c1-16(28)33-22-23(17-7-6-8-19(31-4)11-9-17)34-21-15-18(25(30)32-5)10-12-20(21)27(24(22)29)14-13-26(2)3/h8,10-12,15,22-23H,13-14H2,1-5H3/t22-,23+/m1/s1. The second kappa shape index (κ2) is 11.1. The van der Waals surface area contributed by atoms with Gasteiger partial charge in [-0.3, -0.25) is 9.59 Å². The lowest BCUT2D eigenvalue weighted by Gasteiger charge is -2.28. The highest BCUT2D eigenvalue weighted by atomic mass is 32.2. The maximum Gasteiger partial charge on any atom is 0.337 e. The Kier molecular flexibility index (Phi) is 8.24. The molecule has 0 N–H and O–H groups in total. The van der Waals surface area contributed by atoms with Crippen LogP contribution in [0, 0.1) is 11.8 Å². The number of allylic oxidation sites excluding steroid dienone is 2. The minimum absolute atomic E-state index is 0.346. The van der Waals surface area contributed by atoms with Crippen molar-refractivity contribution in [3.8, 4) is 11.8 Å². The highest BCUT2D eigenvalue weighted by Gasteiger charge is 2.42. The van der Waals surface area contributed by atoms with Gasteiger partial charge in [-0.05, 0) is 32.3 Å². The largest absolute Gasteiger partial charge is 0.495 e. The highest BCUT2D eigenvalue weighted by Crippen LogP contribution is 2.42. The summed E-state index contributed by atoms with van der Waals surface area (Å²) >= 11 is 1.29. The first kappa shape index (κ1) is 25.2. The Morgan fingerprint density at radius 2 is 2.00 bits per heavy atom. The number of benzene rings is 1. The molecule has 0 bridgehead atoms. The van der Waals surface area contributed by atoms with Gasteiger partial charge >= 0.3 is 11.9 Å². The van der Waals surface area contributed by atoms with Crippen molar-refractivity contribution >= 4 is 35.3 Å². The van der Waals surface area contributed by atoms with Gasteiger partial charge in [-0.2, -0.15) is 0 Å². The molecule has 0 unspecified atom stereocenters. The average molecular weight is 483 g/mol. The number of amides is 1. The number of rotatable bonds is 7. The molecule has 1 aliphatic carbocycles. The fourth-order valence-electron chi connectivity index (χ4n) is 3.39. The molecule has 0 spiro atoms. The van der Waals surface area contributed by atoms with Crippen LogP contribution in [0.4, 0.5) is 5.69 Å². The molecule has 1 aromatic rings. The van der Waals surface area contributed by atoms with Crippen molar-refractivity contribution in [2.24, 2.45) is 0 Å². The Balaban J connectivity index is 2.17. The Morgan fingerprint density at radius 3 is 2.65 bits per heavy atom. The van der Waals surface area contributed by atoms with Crippen molar-refractivity contribution < 1.29 is 28.6 Å². The van der Waals surface area contributed by atoms with Gasteiger partial charge in [0, 0.05) is 37.1 Å². The number of ether oxygens (including phenoxy) is 3. The van der Waals surface area contributed by atoms with Crippen LogP contribution in [0.25, 0.3) is 0 Å². The molecular weight excluding hydrogens is 456 g/mol. The summed E-state index contributed by atoms with van der Waals surface area (Å²) in [7, 11) is 6.64. The molecule has 2 atom stereocenters. The van der Waals surface area contributed by atoms with E-state index in [-0.39, 0.29) is 5.91 Å². The summed E-state index contributed by atoms with van der Waals surface area (Å²) in [6.07, 6.45) is 2.06. The minimum Gasteiger partial charge on any atom is -0.495 e. The molecule has 9 heteroatoms. The monoisotopic (exact) mass is 482 g/mol. The molecule has 3 rings (SSSR count). The first-order chi connectivity index (χ1) is 16.2. The van der Waals surface area contributed by atoms with Gasteiger partial charge in [0.1, 0.15) is 5.76 Å². The van der Waals surface area contributed by atoms with Gasteiger partial charge < -0.3 is 24.0 Å². The molecule has 178 valence electrons. The van der Waals surface area contributed by atoms with Crippen molar-refractivity contribution in [1.82, 2.24) is 4.90 Å². The van der Waals surface area contributed by atoms with Crippen molar-refractivity contribution in [2.75, 3.05) is 46.3 Å². The molecule has 1 amide bonds. The Hall–Kier alpha value is -3.44. The van der Waals surface area contributed by atoms with E-state index < -0.39 is 23.3 Å². The molecule has 1 aliphatic heterocycles. The summed E-state index contributed by atoms with van der Waals surface area (Å²) in [5.41, 5.74) is 4.52. The predicted molar refractivity (Wildman–Crippen MR) is 128 cm³/mol. The van der Waals surface area contributed by atoms with Crippen molar-refractivity contribution in [1.29, 1.82) is 0 Å². The average Bonchev–Trinajstić information content (AvgIpc) is 3.11. The maximum absolute atomic E-state index is 13.8. The van der Waals surface area contributed by atoms with Crippen LogP contribution in [-0.2, 0) is 23.8 Å². The fraction of sp³-hybridized carbons (Fsp3) is 0.360. The van der Waals surface area contributed by atoms with Crippen molar-refractivity contribution in [2.45, 2.75) is 23.2 Å². The van der Waals surface area contributed by atoms with E-state index in [1.807, 2.05) is 19.0 Å². The van der Waals surface area contributed by atoms with E-state index >= 15 is 0 Å². The smallest absolute Gasteiger partial charge is 0.337 e. The van der Waals surface area contributed by atoms with Gasteiger partial charge in [-0.15, -0.1) is 17.5 Å². The number of anilines is 1. The maximum atomic E-state index is 13.8. The number of carbonyl (C=O) groups excluding carboxylic acids is 3. The third-order valence-corrected chi connectivity index (χ3v) is 6.40. The molecule has 0 saturated carbocycles. The zero-order valence-corrected chi connectivity index (χ0v) is 20.5. The molecule has 0 fully saturated rings. The normalized spacial score (nSPS) is 19.1. The number of hydrogen-bond acceptors (Lipinski definition) is 8. The van der Waals surface area contributed by atoms with E-state index in [0.717, 1.165) is 0 Å². The summed E-state index contributed by atoms with van der Waals surface area (Å²) in [6, 6.07) is 5.00. The third kappa shape index (κ3) is 5.72. The van der Waals surface area contributed by atoms with Gasteiger partial charge in [0.2, 0.25) is 0 Å². The number of fused-ring (bicyclic) bond motifs is 1.